The molecule has 0 aliphatic heterocycles. The van der Waals surface area contributed by atoms with Crippen molar-refractivity contribution in [3.8, 4) is 0 Å². The first-order valence-electron chi connectivity index (χ1n) is 5.60. The molecule has 0 heterocycles. The van der Waals surface area contributed by atoms with E-state index in [1.807, 2.05) is 7.11 Å². The molecule has 0 saturated heterocycles. The quantitative estimate of drug-likeness (QED) is 0.663. The first-order valence-corrected chi connectivity index (χ1v) is 5.60. The predicted molar refractivity (Wildman–Crippen MR) is 55.9 cm³/mol. The van der Waals surface area contributed by atoms with Crippen LogP contribution in [0.5, 0.6) is 0 Å². The van der Waals surface area contributed by atoms with Gasteiger partial charge in [-0.05, 0) is 51.1 Å². The van der Waals surface area contributed by atoms with Crippen LogP contribution in [0.1, 0.15) is 39.0 Å². The highest BCUT2D eigenvalue weighted by atomic mass is 16.5. The van der Waals surface area contributed by atoms with Crippen molar-refractivity contribution in [1.82, 2.24) is 5.32 Å². The van der Waals surface area contributed by atoms with Crippen LogP contribution in [0.15, 0.2) is 0 Å². The largest absolute Gasteiger partial charge is 0.381 e. The third-order valence-electron chi connectivity index (χ3n) is 2.99. The molecule has 1 aliphatic rings. The van der Waals surface area contributed by atoms with Gasteiger partial charge in [0.25, 0.3) is 0 Å². The van der Waals surface area contributed by atoms with Crippen LogP contribution in [-0.4, -0.2) is 26.3 Å². The Kier molecular flexibility index (Phi) is 5.40. The summed E-state index contributed by atoms with van der Waals surface area (Å²) in [6, 6.07) is 0. The highest BCUT2D eigenvalue weighted by Gasteiger charge is 2.19. The third-order valence-corrected chi connectivity index (χ3v) is 2.99. The fourth-order valence-electron chi connectivity index (χ4n) is 2.05. The maximum atomic E-state index is 5.34. The van der Waals surface area contributed by atoms with Gasteiger partial charge in [0.15, 0.2) is 0 Å². The number of nitrogens with one attached hydrogen (secondary N) is 1. The Hall–Kier alpha value is -0.0800. The fraction of sp³-hybridized carbons (Fsp3) is 1.00. The van der Waals surface area contributed by atoms with Crippen LogP contribution in [-0.2, 0) is 4.74 Å². The van der Waals surface area contributed by atoms with E-state index < -0.39 is 0 Å². The zero-order chi connectivity index (χ0) is 9.52. The molecule has 0 radical (unpaired) electrons. The topological polar surface area (TPSA) is 21.3 Å². The van der Waals surface area contributed by atoms with Gasteiger partial charge in [0.1, 0.15) is 0 Å². The van der Waals surface area contributed by atoms with Crippen molar-refractivity contribution < 1.29 is 4.74 Å². The fourth-order valence-corrected chi connectivity index (χ4v) is 2.05. The van der Waals surface area contributed by atoms with Gasteiger partial charge >= 0.3 is 0 Å². The summed E-state index contributed by atoms with van der Waals surface area (Å²) in [6.45, 7) is 4.60. The molecule has 2 heteroatoms. The molecule has 0 aromatic carbocycles. The van der Waals surface area contributed by atoms with Gasteiger partial charge in [0.05, 0.1) is 6.10 Å². The summed E-state index contributed by atoms with van der Waals surface area (Å²) in [5.41, 5.74) is 0. The lowest BCUT2D eigenvalue weighted by molar-refractivity contribution is 0.0568. The average Bonchev–Trinajstić information content (AvgIpc) is 2.19. The zero-order valence-electron chi connectivity index (χ0n) is 9.01. The van der Waals surface area contributed by atoms with Crippen LogP contribution in [0.25, 0.3) is 0 Å². The monoisotopic (exact) mass is 185 g/mol. The van der Waals surface area contributed by atoms with Crippen LogP contribution < -0.4 is 5.32 Å². The molecule has 78 valence electrons. The van der Waals surface area contributed by atoms with Gasteiger partial charge in [-0.3, -0.25) is 0 Å². The highest BCUT2D eigenvalue weighted by molar-refractivity contribution is 4.73. The van der Waals surface area contributed by atoms with E-state index in [1.165, 1.54) is 45.2 Å². The second kappa shape index (κ2) is 6.39. The molecular weight excluding hydrogens is 162 g/mol. The van der Waals surface area contributed by atoms with Gasteiger partial charge in [0, 0.05) is 7.11 Å². The summed E-state index contributed by atoms with van der Waals surface area (Å²) >= 11 is 0. The molecule has 1 aliphatic carbocycles. The molecule has 0 unspecified atom stereocenters. The van der Waals surface area contributed by atoms with Crippen molar-refractivity contribution in [3.05, 3.63) is 0 Å². The highest BCUT2D eigenvalue weighted by Crippen LogP contribution is 2.25. The number of hydrogen-bond donors (Lipinski definition) is 1. The van der Waals surface area contributed by atoms with E-state index in [-0.39, 0.29) is 0 Å². The molecule has 0 atom stereocenters. The van der Waals surface area contributed by atoms with Gasteiger partial charge in [-0.1, -0.05) is 6.92 Å². The predicted octanol–water partition coefficient (Wildman–Crippen LogP) is 2.19. The maximum absolute atomic E-state index is 5.34. The molecule has 1 saturated carbocycles. The Balaban J connectivity index is 2.03. The number of rotatable bonds is 5. The standard InChI is InChI=1S/C11H23NO/c1-3-8-12-9-10-4-6-11(13-2)7-5-10/h10-12H,3-9H2,1-2H3. The van der Waals surface area contributed by atoms with Gasteiger partial charge < -0.3 is 10.1 Å². The molecule has 1 fully saturated rings. The smallest absolute Gasteiger partial charge is 0.0571 e. The molecule has 0 spiro atoms. The number of ether oxygens (including phenoxy) is 1. The molecule has 2 nitrogen and oxygen atoms in total. The van der Waals surface area contributed by atoms with Crippen molar-refractivity contribution in [2.75, 3.05) is 20.2 Å². The van der Waals surface area contributed by atoms with Crippen LogP contribution in [0.4, 0.5) is 0 Å². The van der Waals surface area contributed by atoms with E-state index in [9.17, 15) is 0 Å². The lowest BCUT2D eigenvalue weighted by Crippen LogP contribution is -2.29. The normalized spacial score (nSPS) is 29.1. The molecule has 1 N–H and O–H groups in total. The molecule has 13 heavy (non-hydrogen) atoms. The molecule has 0 bridgehead atoms. The maximum Gasteiger partial charge on any atom is 0.0571 e. The molecule has 0 aromatic heterocycles. The van der Waals surface area contributed by atoms with Crippen molar-refractivity contribution in [3.63, 3.8) is 0 Å². The lowest BCUT2D eigenvalue weighted by atomic mass is 9.87. The van der Waals surface area contributed by atoms with E-state index >= 15 is 0 Å². The van der Waals surface area contributed by atoms with Crippen LogP contribution >= 0.6 is 0 Å². The van der Waals surface area contributed by atoms with E-state index in [1.54, 1.807) is 0 Å². The van der Waals surface area contributed by atoms with Gasteiger partial charge in [-0.2, -0.15) is 0 Å². The molecule has 1 rings (SSSR count). The van der Waals surface area contributed by atoms with Crippen LogP contribution in [0.2, 0.25) is 0 Å². The van der Waals surface area contributed by atoms with Gasteiger partial charge in [-0.15, -0.1) is 0 Å². The minimum atomic E-state index is 0.544. The van der Waals surface area contributed by atoms with E-state index in [2.05, 4.69) is 12.2 Å². The molecule has 0 aromatic rings. The summed E-state index contributed by atoms with van der Waals surface area (Å²) in [5.74, 6) is 0.901. The van der Waals surface area contributed by atoms with E-state index in [0.29, 0.717) is 6.10 Å². The van der Waals surface area contributed by atoms with Gasteiger partial charge in [-0.25, -0.2) is 0 Å². The second-order valence-electron chi connectivity index (χ2n) is 4.08. The van der Waals surface area contributed by atoms with Crippen molar-refractivity contribution in [2.45, 2.75) is 45.1 Å². The zero-order valence-corrected chi connectivity index (χ0v) is 9.01. The first-order chi connectivity index (χ1) is 6.36. The van der Waals surface area contributed by atoms with E-state index in [4.69, 9.17) is 4.74 Å². The Labute approximate surface area is 82.0 Å². The Bertz CT molecular complexity index is 117. The number of methoxy groups -OCH3 is 1. The summed E-state index contributed by atoms with van der Waals surface area (Å²) in [5, 5.41) is 3.50. The molecular formula is C11H23NO. The van der Waals surface area contributed by atoms with Crippen LogP contribution in [0, 0.1) is 5.92 Å². The number of hydrogen-bond acceptors (Lipinski definition) is 2. The lowest BCUT2D eigenvalue weighted by Gasteiger charge is -2.27. The minimum absolute atomic E-state index is 0.544. The van der Waals surface area contributed by atoms with Crippen LogP contribution in [0.3, 0.4) is 0 Å². The summed E-state index contributed by atoms with van der Waals surface area (Å²) in [4.78, 5) is 0. The third kappa shape index (κ3) is 4.10. The SMILES string of the molecule is CCCNCC1CCC(OC)CC1. The van der Waals surface area contributed by atoms with E-state index in [0.717, 1.165) is 5.92 Å². The average molecular weight is 185 g/mol. The Morgan fingerprint density at radius 1 is 1.23 bits per heavy atom. The van der Waals surface area contributed by atoms with Gasteiger partial charge in [0.2, 0.25) is 0 Å². The first kappa shape index (κ1) is 11.0. The second-order valence-corrected chi connectivity index (χ2v) is 4.08. The summed E-state index contributed by atoms with van der Waals surface area (Å²) < 4.78 is 5.34. The van der Waals surface area contributed by atoms with Crippen molar-refractivity contribution in [2.24, 2.45) is 5.92 Å². The Morgan fingerprint density at radius 3 is 2.46 bits per heavy atom. The summed E-state index contributed by atoms with van der Waals surface area (Å²) in [6.07, 6.45) is 6.99. The van der Waals surface area contributed by atoms with Crippen molar-refractivity contribution >= 4 is 0 Å². The minimum Gasteiger partial charge on any atom is -0.381 e. The molecule has 0 amide bonds. The van der Waals surface area contributed by atoms with Crippen molar-refractivity contribution in [1.29, 1.82) is 0 Å². The Morgan fingerprint density at radius 2 is 1.92 bits per heavy atom. The summed E-state index contributed by atoms with van der Waals surface area (Å²) in [7, 11) is 1.83.